The highest BCUT2D eigenvalue weighted by Gasteiger charge is 2.60. The van der Waals surface area contributed by atoms with Crippen LogP contribution in [0.25, 0.3) is 11.3 Å². The normalized spacial score (nSPS) is 38.6. The molecule has 9 atom stereocenters. The molecule has 4 aliphatic carbocycles. The summed E-state index contributed by atoms with van der Waals surface area (Å²) >= 11 is 14.6. The van der Waals surface area contributed by atoms with Crippen LogP contribution in [0.5, 0.6) is 0 Å². The summed E-state index contributed by atoms with van der Waals surface area (Å²) in [7, 11) is 0. The van der Waals surface area contributed by atoms with E-state index in [2.05, 4.69) is 9.69 Å². The fraction of sp³-hybridized carbons (Fsp3) is 0.565. The Kier molecular flexibility index (Phi) is 5.50. The number of anilines is 1. The van der Waals surface area contributed by atoms with Crippen molar-refractivity contribution in [1.82, 2.24) is 9.66 Å². The maximum atomic E-state index is 8.36. The summed E-state index contributed by atoms with van der Waals surface area (Å²) in [6, 6.07) is 6.88. The van der Waals surface area contributed by atoms with Gasteiger partial charge in [-0.2, -0.15) is 0 Å². The third kappa shape index (κ3) is 3.35. The zero-order valence-electron chi connectivity index (χ0n) is 18.4. The molecule has 0 saturated heterocycles. The Labute approximate surface area is 212 Å². The highest BCUT2D eigenvalue weighted by Crippen LogP contribution is 2.60. The number of halogens is 2. The minimum atomic E-state index is -0.250. The summed E-state index contributed by atoms with van der Waals surface area (Å²) in [5.74, 6) is 4.03. The van der Waals surface area contributed by atoms with Crippen molar-refractivity contribution < 1.29 is 9.90 Å². The first-order valence-electron chi connectivity index (χ1n) is 11.7. The van der Waals surface area contributed by atoms with Crippen LogP contribution < -0.4 is 22.2 Å². The molecule has 1 aromatic carbocycles. The minimum absolute atomic E-state index is 0.250. The van der Waals surface area contributed by atoms with Crippen LogP contribution in [-0.4, -0.2) is 44.7 Å². The molecule has 0 radical (unpaired) electrons. The largest absolute Gasteiger partial charge is 0.483 e. The highest BCUT2D eigenvalue weighted by atomic mass is 35.5. The van der Waals surface area contributed by atoms with E-state index in [1.807, 2.05) is 23.9 Å². The molecule has 11 heteroatoms. The molecule has 2 aromatic rings. The Bertz CT molecular complexity index is 1120. The molecule has 8 nitrogen and oxygen atoms in total. The number of nitrogen functional groups attached to an aromatic ring is 1. The molecule has 2 heterocycles. The number of carbonyl (C=O) groups is 1. The third-order valence-electron chi connectivity index (χ3n) is 8.60. The van der Waals surface area contributed by atoms with E-state index in [4.69, 9.17) is 55.3 Å². The number of rotatable bonds is 3. The number of thioether (sulfide) groups is 1. The molecule has 4 fully saturated rings. The molecule has 0 amide bonds. The summed E-state index contributed by atoms with van der Waals surface area (Å²) < 4.78 is 2.17. The second kappa shape index (κ2) is 8.20. The van der Waals surface area contributed by atoms with E-state index in [0.717, 1.165) is 29.3 Å². The molecular formula is C23H28Cl2N6O2S. The predicted molar refractivity (Wildman–Crippen MR) is 134 cm³/mol. The number of benzene rings is 1. The second-order valence-electron chi connectivity index (χ2n) is 10.2. The number of carboxylic acid groups (broad SMARTS) is 1. The molecule has 0 bridgehead atoms. The van der Waals surface area contributed by atoms with Crippen molar-refractivity contribution in [1.29, 1.82) is 0 Å². The number of imidazole rings is 1. The zero-order valence-corrected chi connectivity index (χ0v) is 20.8. The number of hydrogen-bond acceptors (Lipinski definition) is 7. The number of nitrogens with zero attached hydrogens (tertiary/aromatic N) is 3. The van der Waals surface area contributed by atoms with E-state index in [1.54, 1.807) is 6.07 Å². The molecule has 1 aliphatic heterocycles. The lowest BCUT2D eigenvalue weighted by molar-refractivity contribution is -0.122. The molecule has 5 unspecified atom stereocenters. The van der Waals surface area contributed by atoms with Crippen molar-refractivity contribution >= 4 is 47.3 Å². The van der Waals surface area contributed by atoms with Gasteiger partial charge in [-0.15, -0.1) is 0 Å². The minimum Gasteiger partial charge on any atom is -0.483 e. The number of aromatic nitrogens is 2. The fourth-order valence-electron chi connectivity index (χ4n) is 6.79. The van der Waals surface area contributed by atoms with Crippen molar-refractivity contribution in [2.45, 2.75) is 54.3 Å². The van der Waals surface area contributed by atoms with Gasteiger partial charge in [-0.25, -0.2) is 9.66 Å². The Hall–Kier alpha value is -1.65. The van der Waals surface area contributed by atoms with Crippen LogP contribution in [0, 0.1) is 29.6 Å². The monoisotopic (exact) mass is 522 g/mol. The van der Waals surface area contributed by atoms with Crippen molar-refractivity contribution in [2.75, 3.05) is 10.7 Å². The molecule has 7 N–H and O–H groups in total. The summed E-state index contributed by atoms with van der Waals surface area (Å²) in [4.78, 5) is 13.3. The predicted octanol–water partition coefficient (Wildman–Crippen LogP) is 3.23. The van der Waals surface area contributed by atoms with E-state index in [1.165, 1.54) is 12.8 Å². The lowest BCUT2D eigenvalue weighted by Gasteiger charge is -2.37. The van der Waals surface area contributed by atoms with Crippen LogP contribution in [-0.2, 0) is 4.79 Å². The Morgan fingerprint density at radius 3 is 2.26 bits per heavy atom. The van der Waals surface area contributed by atoms with Crippen molar-refractivity contribution in [3.63, 3.8) is 0 Å². The summed E-state index contributed by atoms with van der Waals surface area (Å²) in [6.07, 6.45) is 4.73. The fourth-order valence-corrected chi connectivity index (χ4v) is 8.62. The van der Waals surface area contributed by atoms with Crippen LogP contribution >= 0.6 is 35.0 Å². The van der Waals surface area contributed by atoms with Gasteiger partial charge < -0.3 is 22.3 Å². The van der Waals surface area contributed by atoms with Crippen LogP contribution in [0.3, 0.4) is 0 Å². The first-order chi connectivity index (χ1) is 16.3. The lowest BCUT2D eigenvalue weighted by Crippen LogP contribution is -2.49. The van der Waals surface area contributed by atoms with Gasteiger partial charge in [-0.1, -0.05) is 47.1 Å². The van der Waals surface area contributed by atoms with E-state index >= 15 is 0 Å². The molecule has 182 valence electrons. The maximum Gasteiger partial charge on any atom is 0.290 e. The van der Waals surface area contributed by atoms with E-state index in [9.17, 15) is 0 Å². The average Bonchev–Trinajstić information content (AvgIpc) is 3.33. The molecule has 1 aromatic heterocycles. The molecule has 5 aliphatic rings. The van der Waals surface area contributed by atoms with Gasteiger partial charge in [0.1, 0.15) is 11.1 Å². The van der Waals surface area contributed by atoms with Crippen LogP contribution in [0.1, 0.15) is 25.7 Å². The summed E-state index contributed by atoms with van der Waals surface area (Å²) in [5, 5.41) is 11.8. The first-order valence-corrected chi connectivity index (χ1v) is 13.4. The Morgan fingerprint density at radius 1 is 1.06 bits per heavy atom. The highest BCUT2D eigenvalue weighted by molar-refractivity contribution is 8.00. The van der Waals surface area contributed by atoms with Gasteiger partial charge >= 0.3 is 0 Å². The molecule has 34 heavy (non-hydrogen) atoms. The number of fused-ring (bicyclic) bond motifs is 3. The number of nitrogens with two attached hydrogens (primary N) is 3. The molecule has 4 saturated carbocycles. The Morgan fingerprint density at radius 2 is 1.65 bits per heavy atom. The van der Waals surface area contributed by atoms with Gasteiger partial charge in [0.15, 0.2) is 11.0 Å². The van der Waals surface area contributed by atoms with Gasteiger partial charge in [0.25, 0.3) is 6.47 Å². The van der Waals surface area contributed by atoms with Gasteiger partial charge in [0.05, 0.1) is 10.0 Å². The summed E-state index contributed by atoms with van der Waals surface area (Å²) in [5.41, 5.74) is 20.7. The second-order valence-corrected chi connectivity index (χ2v) is 12.1. The molecule has 7 rings (SSSR count). The van der Waals surface area contributed by atoms with Crippen LogP contribution in [0.2, 0.25) is 10.0 Å². The van der Waals surface area contributed by atoms with Crippen LogP contribution in [0.4, 0.5) is 5.82 Å². The lowest BCUT2D eigenvalue weighted by atomic mass is 10.00. The van der Waals surface area contributed by atoms with Crippen molar-refractivity contribution in [2.24, 2.45) is 41.1 Å². The SMILES string of the molecule is Nc1c(-c2cccc(Cl)c2Cl)nc2n1N(C1C[C@@H]3C(N)[C@@H]3C1)C(C1C[C@@H]3C(N)[C@@H]3C1)S2.O=CO. The topological polar surface area (TPSA) is 136 Å². The number of hydrogen-bond donors (Lipinski definition) is 4. The van der Waals surface area contributed by atoms with Crippen molar-refractivity contribution in [3.05, 3.63) is 28.2 Å². The van der Waals surface area contributed by atoms with Gasteiger partial charge in [0, 0.05) is 23.7 Å². The average molecular weight is 523 g/mol. The Balaban J connectivity index is 0.000000691. The molecular weight excluding hydrogens is 495 g/mol. The quantitative estimate of drug-likeness (QED) is 0.451. The van der Waals surface area contributed by atoms with E-state index in [0.29, 0.717) is 69.0 Å². The smallest absolute Gasteiger partial charge is 0.290 e. The van der Waals surface area contributed by atoms with Crippen molar-refractivity contribution in [3.8, 4) is 11.3 Å². The van der Waals surface area contributed by atoms with E-state index < -0.39 is 0 Å². The zero-order chi connectivity index (χ0) is 23.9. The maximum absolute atomic E-state index is 8.36. The first kappa shape index (κ1) is 22.8. The third-order valence-corrected chi connectivity index (χ3v) is 10.7. The van der Waals surface area contributed by atoms with E-state index in [-0.39, 0.29) is 6.47 Å². The summed E-state index contributed by atoms with van der Waals surface area (Å²) in [6.45, 7) is -0.250. The molecule has 0 spiro atoms. The van der Waals surface area contributed by atoms with Gasteiger partial charge in [-0.05, 0) is 61.3 Å². The van der Waals surface area contributed by atoms with Gasteiger partial charge in [-0.3, -0.25) is 9.80 Å². The standard InChI is InChI=1S/C22H26Cl2N6S.CH2O2/c23-15-3-1-2-10(16(15)24)19-20(27)30-22(28-19)31-21(8-4-11-12(5-8)17(11)25)29(30)9-6-13-14(7-9)18(13)26;2-1-3/h1-3,8-9,11-14,17-18,21H,4-7,25-27H2;1H,(H,2,3)/t8?,9?,11-,12+,13-,14+,17?,18?,21?;. The van der Waals surface area contributed by atoms with Crippen LogP contribution in [0.15, 0.2) is 23.4 Å². The van der Waals surface area contributed by atoms with Gasteiger partial charge in [0.2, 0.25) is 0 Å².